The van der Waals surface area contributed by atoms with E-state index < -0.39 is 5.97 Å². The number of benzene rings is 2. The molecule has 0 saturated carbocycles. The molecule has 3 rings (SSSR count). The number of hydrogen-bond donors (Lipinski definition) is 1. The Morgan fingerprint density at radius 2 is 1.61 bits per heavy atom. The van der Waals surface area contributed by atoms with Crippen LogP contribution >= 0.6 is 0 Å². The summed E-state index contributed by atoms with van der Waals surface area (Å²) in [5.41, 5.74) is 3.04. The maximum absolute atomic E-state index is 10.9. The van der Waals surface area contributed by atoms with Gasteiger partial charge in [0, 0.05) is 11.1 Å². The second-order valence-corrected chi connectivity index (χ2v) is 5.58. The van der Waals surface area contributed by atoms with Gasteiger partial charge in [0.2, 0.25) is 5.82 Å². The molecule has 0 saturated heterocycles. The van der Waals surface area contributed by atoms with Crippen molar-refractivity contribution in [2.24, 2.45) is 0 Å². The van der Waals surface area contributed by atoms with Crippen molar-refractivity contribution >= 4 is 5.97 Å². The Bertz CT molecular complexity index is 818. The van der Waals surface area contributed by atoms with Crippen LogP contribution in [0.3, 0.4) is 0 Å². The normalized spacial score (nSPS) is 10.9. The Labute approximate surface area is 133 Å². The first-order chi connectivity index (χ1) is 11.0. The highest BCUT2D eigenvalue weighted by Crippen LogP contribution is 2.24. The lowest BCUT2D eigenvalue weighted by molar-refractivity contribution is 0.0697. The molecule has 1 heterocycles. The Morgan fingerprint density at radius 1 is 1.00 bits per heavy atom. The maximum atomic E-state index is 10.9. The number of carbonyl (C=O) groups is 1. The van der Waals surface area contributed by atoms with Gasteiger partial charge in [0.15, 0.2) is 0 Å². The molecule has 5 nitrogen and oxygen atoms in total. The van der Waals surface area contributed by atoms with Crippen LogP contribution in [-0.4, -0.2) is 21.2 Å². The van der Waals surface area contributed by atoms with Gasteiger partial charge in [-0.15, -0.1) is 0 Å². The quantitative estimate of drug-likeness (QED) is 0.780. The summed E-state index contributed by atoms with van der Waals surface area (Å²) in [6.45, 7) is 4.28. The summed E-state index contributed by atoms with van der Waals surface area (Å²) in [4.78, 5) is 15.2. The van der Waals surface area contributed by atoms with Gasteiger partial charge in [-0.3, -0.25) is 0 Å². The van der Waals surface area contributed by atoms with Crippen molar-refractivity contribution in [2.45, 2.75) is 19.8 Å². The molecule has 3 aromatic rings. The van der Waals surface area contributed by atoms with Crippen molar-refractivity contribution in [3.63, 3.8) is 0 Å². The molecule has 0 aliphatic carbocycles. The van der Waals surface area contributed by atoms with Gasteiger partial charge in [-0.1, -0.05) is 43.3 Å². The van der Waals surface area contributed by atoms with Crippen molar-refractivity contribution in [1.29, 1.82) is 0 Å². The molecule has 2 aromatic carbocycles. The van der Waals surface area contributed by atoms with Crippen LogP contribution in [0.4, 0.5) is 0 Å². The largest absolute Gasteiger partial charge is 0.478 e. The molecular formula is C18H16N2O3. The third-order valence-corrected chi connectivity index (χ3v) is 3.64. The van der Waals surface area contributed by atoms with Crippen molar-refractivity contribution in [2.75, 3.05) is 0 Å². The van der Waals surface area contributed by atoms with Crippen LogP contribution in [0, 0.1) is 0 Å². The lowest BCUT2D eigenvalue weighted by atomic mass is 10.0. The smallest absolute Gasteiger partial charge is 0.335 e. The first-order valence-electron chi connectivity index (χ1n) is 7.32. The topological polar surface area (TPSA) is 76.2 Å². The van der Waals surface area contributed by atoms with E-state index in [2.05, 4.69) is 24.0 Å². The summed E-state index contributed by atoms with van der Waals surface area (Å²) in [6, 6.07) is 14.4. The molecule has 0 bridgehead atoms. The molecule has 0 unspecified atom stereocenters. The first-order valence-corrected chi connectivity index (χ1v) is 7.32. The van der Waals surface area contributed by atoms with Gasteiger partial charge < -0.3 is 9.63 Å². The average molecular weight is 308 g/mol. The number of carboxylic acids is 1. The lowest BCUT2D eigenvalue weighted by Crippen LogP contribution is -1.95. The van der Waals surface area contributed by atoms with Gasteiger partial charge in [-0.25, -0.2) is 4.79 Å². The molecule has 116 valence electrons. The Morgan fingerprint density at radius 3 is 2.17 bits per heavy atom. The molecule has 0 fully saturated rings. The molecule has 0 radical (unpaired) electrons. The zero-order valence-electron chi connectivity index (χ0n) is 12.9. The van der Waals surface area contributed by atoms with Crippen LogP contribution in [0.2, 0.25) is 0 Å². The van der Waals surface area contributed by atoms with E-state index >= 15 is 0 Å². The zero-order valence-corrected chi connectivity index (χ0v) is 12.9. The Balaban J connectivity index is 1.86. The minimum Gasteiger partial charge on any atom is -0.478 e. The van der Waals surface area contributed by atoms with E-state index in [1.54, 1.807) is 12.1 Å². The third kappa shape index (κ3) is 3.13. The highest BCUT2D eigenvalue weighted by molar-refractivity contribution is 5.88. The van der Waals surface area contributed by atoms with Gasteiger partial charge in [-0.05, 0) is 35.7 Å². The highest BCUT2D eigenvalue weighted by atomic mass is 16.5. The fourth-order valence-corrected chi connectivity index (χ4v) is 2.23. The van der Waals surface area contributed by atoms with Crippen LogP contribution in [-0.2, 0) is 0 Å². The summed E-state index contributed by atoms with van der Waals surface area (Å²) < 4.78 is 5.31. The minimum absolute atomic E-state index is 0.224. The summed E-state index contributed by atoms with van der Waals surface area (Å²) in [5, 5.41) is 12.9. The molecule has 0 aliphatic heterocycles. The predicted molar refractivity (Wildman–Crippen MR) is 86.2 cm³/mol. The predicted octanol–water partition coefficient (Wildman–Crippen LogP) is 4.23. The van der Waals surface area contributed by atoms with Gasteiger partial charge in [0.25, 0.3) is 5.89 Å². The average Bonchev–Trinajstić information content (AvgIpc) is 3.05. The van der Waals surface area contributed by atoms with E-state index in [0.29, 0.717) is 23.2 Å². The second-order valence-electron chi connectivity index (χ2n) is 5.58. The Hall–Kier alpha value is -2.95. The molecule has 1 N–H and O–H groups in total. The van der Waals surface area contributed by atoms with Gasteiger partial charge in [0.05, 0.1) is 5.56 Å². The molecule has 5 heteroatoms. The van der Waals surface area contributed by atoms with Crippen molar-refractivity contribution < 1.29 is 14.4 Å². The van der Waals surface area contributed by atoms with E-state index in [9.17, 15) is 4.79 Å². The maximum Gasteiger partial charge on any atom is 0.335 e. The van der Waals surface area contributed by atoms with Crippen LogP contribution < -0.4 is 0 Å². The van der Waals surface area contributed by atoms with Gasteiger partial charge in [-0.2, -0.15) is 4.98 Å². The van der Waals surface area contributed by atoms with Crippen LogP contribution in [0.25, 0.3) is 22.8 Å². The SMILES string of the molecule is CC(C)c1ccc(-c2nc(-c3ccc(C(=O)O)cc3)no2)cc1. The van der Waals surface area contributed by atoms with Crippen molar-refractivity contribution in [1.82, 2.24) is 10.1 Å². The fraction of sp³-hybridized carbons (Fsp3) is 0.167. The molecule has 23 heavy (non-hydrogen) atoms. The summed E-state index contributed by atoms with van der Waals surface area (Å²) in [6.07, 6.45) is 0. The highest BCUT2D eigenvalue weighted by Gasteiger charge is 2.12. The number of rotatable bonds is 4. The fourth-order valence-electron chi connectivity index (χ4n) is 2.23. The van der Waals surface area contributed by atoms with E-state index in [4.69, 9.17) is 9.63 Å². The number of carboxylic acid groups (broad SMARTS) is 1. The first kappa shape index (κ1) is 15.0. The molecule has 0 aliphatic rings. The van der Waals surface area contributed by atoms with E-state index in [1.807, 2.05) is 24.3 Å². The minimum atomic E-state index is -0.962. The number of hydrogen-bond acceptors (Lipinski definition) is 4. The number of nitrogens with zero attached hydrogens (tertiary/aromatic N) is 2. The van der Waals surface area contributed by atoms with Crippen LogP contribution in [0.15, 0.2) is 53.1 Å². The molecule has 0 spiro atoms. The van der Waals surface area contributed by atoms with E-state index in [0.717, 1.165) is 5.56 Å². The van der Waals surface area contributed by atoms with Crippen LogP contribution in [0.5, 0.6) is 0 Å². The van der Waals surface area contributed by atoms with Gasteiger partial charge in [0.1, 0.15) is 0 Å². The Kier molecular flexibility index (Phi) is 3.93. The number of aromatic carboxylic acids is 1. The zero-order chi connectivity index (χ0) is 16.4. The second kappa shape index (κ2) is 6.04. The summed E-state index contributed by atoms with van der Waals surface area (Å²) in [5.74, 6) is 0.383. The molecular weight excluding hydrogens is 292 g/mol. The lowest BCUT2D eigenvalue weighted by Gasteiger charge is -2.04. The summed E-state index contributed by atoms with van der Waals surface area (Å²) >= 11 is 0. The van der Waals surface area contributed by atoms with Crippen molar-refractivity contribution in [3.8, 4) is 22.8 Å². The van der Waals surface area contributed by atoms with E-state index in [1.165, 1.54) is 17.7 Å². The van der Waals surface area contributed by atoms with Crippen LogP contribution in [0.1, 0.15) is 35.7 Å². The monoisotopic (exact) mass is 308 g/mol. The summed E-state index contributed by atoms with van der Waals surface area (Å²) in [7, 11) is 0. The number of aromatic nitrogens is 2. The van der Waals surface area contributed by atoms with Crippen molar-refractivity contribution in [3.05, 3.63) is 59.7 Å². The molecule has 0 amide bonds. The molecule has 0 atom stereocenters. The standard InChI is InChI=1S/C18H16N2O3/c1-11(2)12-3-7-14(8-4-12)17-19-16(20-23-17)13-5-9-15(10-6-13)18(21)22/h3-11H,1-2H3,(H,21,22). The van der Waals surface area contributed by atoms with E-state index in [-0.39, 0.29) is 5.56 Å². The molecule has 1 aromatic heterocycles. The third-order valence-electron chi connectivity index (χ3n) is 3.64. The van der Waals surface area contributed by atoms with Gasteiger partial charge >= 0.3 is 5.97 Å².